The van der Waals surface area contributed by atoms with Gasteiger partial charge >= 0.3 is 0 Å². The molecule has 1 fully saturated rings. The van der Waals surface area contributed by atoms with Crippen molar-refractivity contribution in [3.63, 3.8) is 0 Å². The van der Waals surface area contributed by atoms with E-state index in [1.165, 1.54) is 0 Å². The molecule has 1 aliphatic rings. The Bertz CT molecular complexity index is 620. The van der Waals surface area contributed by atoms with Gasteiger partial charge in [-0.05, 0) is 12.1 Å². The van der Waals surface area contributed by atoms with Gasteiger partial charge in [-0.3, -0.25) is 9.88 Å². The highest BCUT2D eigenvalue weighted by Gasteiger charge is 2.19. The lowest BCUT2D eigenvalue weighted by atomic mass is 10.2. The van der Waals surface area contributed by atoms with Gasteiger partial charge in [0.05, 0.1) is 11.4 Å². The van der Waals surface area contributed by atoms with Crippen LogP contribution in [0, 0.1) is 0 Å². The SMILES string of the molecule is OP(O)CCN1CCN(c2cc(-c3ccccn3)ncn2)CC1. The first kappa shape index (κ1) is 16.2. The Balaban J connectivity index is 1.63. The highest BCUT2D eigenvalue weighted by Crippen LogP contribution is 2.23. The molecule has 0 saturated carbocycles. The summed E-state index contributed by atoms with van der Waals surface area (Å²) in [6.07, 6.45) is 3.79. The average Bonchev–Trinajstić information content (AvgIpc) is 2.61. The Kier molecular flexibility index (Phi) is 5.46. The second kappa shape index (κ2) is 7.75. The Morgan fingerprint density at radius 1 is 1.00 bits per heavy atom. The molecule has 122 valence electrons. The first-order valence-corrected chi connectivity index (χ1v) is 9.01. The van der Waals surface area contributed by atoms with E-state index in [2.05, 4.69) is 24.8 Å². The van der Waals surface area contributed by atoms with E-state index in [0.29, 0.717) is 6.16 Å². The second-order valence-corrected chi connectivity index (χ2v) is 6.59. The van der Waals surface area contributed by atoms with Crippen molar-refractivity contribution in [2.75, 3.05) is 43.8 Å². The minimum Gasteiger partial charge on any atom is -0.354 e. The van der Waals surface area contributed by atoms with Gasteiger partial charge < -0.3 is 14.7 Å². The van der Waals surface area contributed by atoms with Crippen molar-refractivity contribution in [2.45, 2.75) is 0 Å². The van der Waals surface area contributed by atoms with Crippen molar-refractivity contribution in [1.82, 2.24) is 19.9 Å². The van der Waals surface area contributed by atoms with E-state index in [4.69, 9.17) is 9.79 Å². The number of hydrogen-bond acceptors (Lipinski definition) is 7. The standard InChI is InChI=1S/C15H20N5O2P/c21-23(22)10-9-19-5-7-20(8-6-19)15-11-14(17-12-18-15)13-3-1-2-4-16-13/h1-4,11-12,21-22H,5-10H2. The minimum absolute atomic E-state index is 0.451. The molecule has 0 spiro atoms. The van der Waals surface area contributed by atoms with Crippen molar-refractivity contribution >= 4 is 14.2 Å². The van der Waals surface area contributed by atoms with E-state index >= 15 is 0 Å². The molecule has 0 radical (unpaired) electrons. The molecule has 0 bridgehead atoms. The smallest absolute Gasteiger partial charge is 0.166 e. The molecule has 23 heavy (non-hydrogen) atoms. The molecule has 3 rings (SSSR count). The van der Waals surface area contributed by atoms with Gasteiger partial charge in [-0.25, -0.2) is 9.97 Å². The third-order valence-corrected chi connectivity index (χ3v) is 4.49. The van der Waals surface area contributed by atoms with E-state index in [1.807, 2.05) is 24.3 Å². The van der Waals surface area contributed by atoms with Gasteiger partial charge in [-0.15, -0.1) is 0 Å². The van der Waals surface area contributed by atoms with Crippen molar-refractivity contribution in [1.29, 1.82) is 0 Å². The summed E-state index contributed by atoms with van der Waals surface area (Å²) in [6.45, 7) is 4.26. The van der Waals surface area contributed by atoms with Gasteiger partial charge in [0.15, 0.2) is 8.38 Å². The van der Waals surface area contributed by atoms with Crippen LogP contribution in [0.2, 0.25) is 0 Å². The average molecular weight is 333 g/mol. The number of nitrogens with zero attached hydrogens (tertiary/aromatic N) is 5. The summed E-state index contributed by atoms with van der Waals surface area (Å²) in [5.41, 5.74) is 1.67. The van der Waals surface area contributed by atoms with Crippen LogP contribution in [0.25, 0.3) is 11.4 Å². The van der Waals surface area contributed by atoms with E-state index < -0.39 is 8.38 Å². The molecule has 2 aromatic heterocycles. The fourth-order valence-corrected chi connectivity index (χ4v) is 3.07. The molecule has 3 heterocycles. The van der Waals surface area contributed by atoms with Gasteiger partial charge in [0.25, 0.3) is 0 Å². The van der Waals surface area contributed by atoms with E-state index in [0.717, 1.165) is 49.9 Å². The molecule has 0 unspecified atom stereocenters. The zero-order chi connectivity index (χ0) is 16.1. The summed E-state index contributed by atoms with van der Waals surface area (Å²) >= 11 is 0. The Morgan fingerprint density at radius 3 is 2.52 bits per heavy atom. The van der Waals surface area contributed by atoms with Crippen molar-refractivity contribution in [3.8, 4) is 11.4 Å². The Morgan fingerprint density at radius 2 is 1.83 bits per heavy atom. The third kappa shape index (κ3) is 4.42. The summed E-state index contributed by atoms with van der Waals surface area (Å²) in [5.74, 6) is 0.909. The lowest BCUT2D eigenvalue weighted by Crippen LogP contribution is -2.47. The quantitative estimate of drug-likeness (QED) is 0.788. The number of aromatic nitrogens is 3. The van der Waals surface area contributed by atoms with Crippen LogP contribution in [-0.4, -0.2) is 68.5 Å². The summed E-state index contributed by atoms with van der Waals surface area (Å²) < 4.78 is 0. The molecule has 0 amide bonds. The van der Waals surface area contributed by atoms with Crippen LogP contribution >= 0.6 is 8.38 Å². The monoisotopic (exact) mass is 333 g/mol. The van der Waals surface area contributed by atoms with Crippen LogP contribution in [0.5, 0.6) is 0 Å². The highest BCUT2D eigenvalue weighted by atomic mass is 31.2. The van der Waals surface area contributed by atoms with E-state index in [1.54, 1.807) is 12.5 Å². The molecule has 2 aromatic rings. The fourth-order valence-electron chi connectivity index (χ4n) is 2.61. The van der Waals surface area contributed by atoms with Crippen LogP contribution < -0.4 is 4.90 Å². The molecule has 0 aliphatic carbocycles. The fraction of sp³-hybridized carbons (Fsp3) is 0.400. The minimum atomic E-state index is -1.79. The number of pyridine rings is 1. The Labute approximate surface area is 136 Å². The number of hydrogen-bond donors (Lipinski definition) is 2. The summed E-state index contributed by atoms with van der Waals surface area (Å²) in [6, 6.07) is 7.74. The molecule has 0 atom stereocenters. The van der Waals surface area contributed by atoms with Gasteiger partial charge in [0.2, 0.25) is 0 Å². The van der Waals surface area contributed by atoms with Gasteiger partial charge in [-0.1, -0.05) is 6.07 Å². The lowest BCUT2D eigenvalue weighted by Gasteiger charge is -2.35. The lowest BCUT2D eigenvalue weighted by molar-refractivity contribution is 0.269. The largest absolute Gasteiger partial charge is 0.354 e. The van der Waals surface area contributed by atoms with Crippen molar-refractivity contribution in [3.05, 3.63) is 36.8 Å². The maximum absolute atomic E-state index is 9.01. The third-order valence-electron chi connectivity index (χ3n) is 3.89. The summed E-state index contributed by atoms with van der Waals surface area (Å²) in [7, 11) is -1.79. The van der Waals surface area contributed by atoms with Crippen LogP contribution in [0.1, 0.15) is 0 Å². The maximum Gasteiger partial charge on any atom is 0.166 e. The molecule has 8 heteroatoms. The first-order valence-electron chi connectivity index (χ1n) is 7.58. The second-order valence-electron chi connectivity index (χ2n) is 5.40. The molecule has 1 saturated heterocycles. The number of rotatable bonds is 5. The van der Waals surface area contributed by atoms with Crippen LogP contribution in [0.3, 0.4) is 0 Å². The van der Waals surface area contributed by atoms with Gasteiger partial charge in [-0.2, -0.15) is 0 Å². The zero-order valence-electron chi connectivity index (χ0n) is 12.8. The van der Waals surface area contributed by atoms with Crippen molar-refractivity contribution < 1.29 is 9.79 Å². The Hall–Kier alpha value is -1.66. The molecule has 0 aromatic carbocycles. The predicted octanol–water partition coefficient (Wildman–Crippen LogP) is 0.957. The highest BCUT2D eigenvalue weighted by molar-refractivity contribution is 7.45. The van der Waals surface area contributed by atoms with Crippen LogP contribution in [0.4, 0.5) is 5.82 Å². The first-order chi connectivity index (χ1) is 11.2. The molecular formula is C15H20N5O2P. The molecule has 7 nitrogen and oxygen atoms in total. The summed E-state index contributed by atoms with van der Waals surface area (Å²) in [5, 5.41) is 0. The summed E-state index contributed by atoms with van der Waals surface area (Å²) in [4.78, 5) is 35.5. The topological polar surface area (TPSA) is 85.6 Å². The van der Waals surface area contributed by atoms with E-state index in [-0.39, 0.29) is 0 Å². The number of anilines is 1. The normalized spacial score (nSPS) is 16.0. The van der Waals surface area contributed by atoms with Gasteiger partial charge in [0.1, 0.15) is 12.1 Å². The van der Waals surface area contributed by atoms with Crippen molar-refractivity contribution in [2.24, 2.45) is 0 Å². The predicted molar refractivity (Wildman–Crippen MR) is 90.1 cm³/mol. The van der Waals surface area contributed by atoms with E-state index in [9.17, 15) is 0 Å². The molecule has 2 N–H and O–H groups in total. The number of piperazine rings is 1. The van der Waals surface area contributed by atoms with Crippen LogP contribution in [0.15, 0.2) is 36.8 Å². The van der Waals surface area contributed by atoms with Gasteiger partial charge in [0, 0.05) is 51.1 Å². The van der Waals surface area contributed by atoms with Crippen LogP contribution in [-0.2, 0) is 0 Å². The molecule has 1 aliphatic heterocycles. The zero-order valence-corrected chi connectivity index (χ0v) is 13.7. The molecular weight excluding hydrogens is 313 g/mol. The maximum atomic E-state index is 9.01.